The van der Waals surface area contributed by atoms with Crippen molar-refractivity contribution in [2.45, 2.75) is 37.8 Å². The van der Waals surface area contributed by atoms with Crippen molar-refractivity contribution in [3.05, 3.63) is 35.4 Å². The van der Waals surface area contributed by atoms with Crippen LogP contribution in [-0.2, 0) is 22.3 Å². The molecule has 114 valence electrons. The fourth-order valence-electron chi connectivity index (χ4n) is 4.41. The molecule has 1 heterocycles. The fourth-order valence-corrected chi connectivity index (χ4v) is 4.41. The average Bonchev–Trinajstić information content (AvgIpc) is 2.80. The molecule has 3 atom stereocenters. The van der Waals surface area contributed by atoms with Gasteiger partial charge in [-0.15, -0.1) is 0 Å². The van der Waals surface area contributed by atoms with Crippen molar-refractivity contribution in [2.24, 2.45) is 11.8 Å². The molecule has 2 aliphatic carbocycles. The van der Waals surface area contributed by atoms with E-state index in [2.05, 4.69) is 29.6 Å². The third-order valence-electron chi connectivity index (χ3n) is 5.47. The van der Waals surface area contributed by atoms with Gasteiger partial charge in [-0.1, -0.05) is 24.3 Å². The van der Waals surface area contributed by atoms with Gasteiger partial charge in [0.05, 0.1) is 25.9 Å². The Morgan fingerprint density at radius 3 is 2.33 bits per heavy atom. The molecular weight excluding hydrogens is 262 g/mol. The Bertz CT molecular complexity index is 451. The van der Waals surface area contributed by atoms with Gasteiger partial charge in [0, 0.05) is 12.6 Å². The van der Waals surface area contributed by atoms with Crippen LogP contribution in [-0.4, -0.2) is 38.5 Å². The maximum atomic E-state index is 5.77. The zero-order valence-corrected chi connectivity index (χ0v) is 12.6. The zero-order valence-electron chi connectivity index (χ0n) is 12.6. The molecule has 3 aliphatic rings. The van der Waals surface area contributed by atoms with E-state index in [9.17, 15) is 0 Å². The summed E-state index contributed by atoms with van der Waals surface area (Å²) in [4.78, 5) is 0. The van der Waals surface area contributed by atoms with Crippen LogP contribution in [0.25, 0.3) is 0 Å². The maximum Gasteiger partial charge on any atom is 0.0933 e. The molecule has 21 heavy (non-hydrogen) atoms. The second-order valence-electron chi connectivity index (χ2n) is 6.78. The van der Waals surface area contributed by atoms with E-state index in [1.165, 1.54) is 25.7 Å². The topological polar surface area (TPSA) is 30.5 Å². The van der Waals surface area contributed by atoms with Crippen molar-refractivity contribution in [1.29, 1.82) is 0 Å². The van der Waals surface area contributed by atoms with E-state index in [0.717, 1.165) is 38.2 Å². The lowest BCUT2D eigenvalue weighted by Gasteiger charge is -2.28. The van der Waals surface area contributed by atoms with Crippen LogP contribution in [0.5, 0.6) is 0 Å². The molecule has 1 aliphatic heterocycles. The Labute approximate surface area is 127 Å². The lowest BCUT2D eigenvalue weighted by atomic mass is 9.94. The Morgan fingerprint density at radius 1 is 1.00 bits per heavy atom. The van der Waals surface area contributed by atoms with E-state index >= 15 is 0 Å². The van der Waals surface area contributed by atoms with Gasteiger partial charge in [0.1, 0.15) is 0 Å². The Kier molecular flexibility index (Phi) is 3.97. The van der Waals surface area contributed by atoms with Gasteiger partial charge < -0.3 is 14.8 Å². The van der Waals surface area contributed by atoms with Crippen LogP contribution in [0.3, 0.4) is 0 Å². The average molecular weight is 287 g/mol. The molecule has 1 aromatic carbocycles. The number of nitrogens with one attached hydrogen (secondary N) is 1. The highest BCUT2D eigenvalue weighted by atomic mass is 16.6. The smallest absolute Gasteiger partial charge is 0.0933 e. The van der Waals surface area contributed by atoms with Crippen LogP contribution in [0.2, 0.25) is 0 Å². The quantitative estimate of drug-likeness (QED) is 0.924. The SMILES string of the molecule is c1ccc2c(c1)CC1CCC(C2)C1NCC1COCCO1. The van der Waals surface area contributed by atoms with Gasteiger partial charge in [-0.05, 0) is 48.6 Å². The van der Waals surface area contributed by atoms with Gasteiger partial charge >= 0.3 is 0 Å². The molecule has 1 N–H and O–H groups in total. The molecule has 4 rings (SSSR count). The fraction of sp³-hybridized carbons (Fsp3) is 0.667. The van der Waals surface area contributed by atoms with Gasteiger partial charge in [-0.3, -0.25) is 0 Å². The van der Waals surface area contributed by atoms with Crippen LogP contribution in [0.15, 0.2) is 24.3 Å². The largest absolute Gasteiger partial charge is 0.376 e. The Balaban J connectivity index is 1.42. The molecule has 2 fully saturated rings. The summed E-state index contributed by atoms with van der Waals surface area (Å²) in [5.74, 6) is 1.59. The van der Waals surface area contributed by atoms with Crippen molar-refractivity contribution in [2.75, 3.05) is 26.4 Å². The van der Waals surface area contributed by atoms with E-state index < -0.39 is 0 Å². The first-order chi connectivity index (χ1) is 10.4. The molecule has 1 saturated carbocycles. The summed E-state index contributed by atoms with van der Waals surface area (Å²) in [6.07, 6.45) is 5.47. The molecule has 0 aromatic heterocycles. The van der Waals surface area contributed by atoms with Crippen LogP contribution < -0.4 is 5.32 Å². The van der Waals surface area contributed by atoms with Crippen molar-refractivity contribution in [3.63, 3.8) is 0 Å². The number of rotatable bonds is 3. The van der Waals surface area contributed by atoms with Crippen molar-refractivity contribution >= 4 is 0 Å². The number of ether oxygens (including phenoxy) is 2. The Hall–Kier alpha value is -0.900. The van der Waals surface area contributed by atoms with Crippen LogP contribution >= 0.6 is 0 Å². The highest BCUT2D eigenvalue weighted by Gasteiger charge is 2.38. The molecule has 3 nitrogen and oxygen atoms in total. The first-order valence-corrected chi connectivity index (χ1v) is 8.39. The van der Waals surface area contributed by atoms with Crippen molar-refractivity contribution in [1.82, 2.24) is 5.32 Å². The number of hydrogen-bond donors (Lipinski definition) is 1. The predicted molar refractivity (Wildman–Crippen MR) is 82.4 cm³/mol. The molecule has 1 aromatic rings. The minimum absolute atomic E-state index is 0.240. The minimum atomic E-state index is 0.240. The molecule has 3 unspecified atom stereocenters. The van der Waals surface area contributed by atoms with E-state index in [0.29, 0.717) is 6.04 Å². The summed E-state index contributed by atoms with van der Waals surface area (Å²) in [7, 11) is 0. The van der Waals surface area contributed by atoms with Gasteiger partial charge in [-0.2, -0.15) is 0 Å². The van der Waals surface area contributed by atoms with E-state index in [-0.39, 0.29) is 6.10 Å². The van der Waals surface area contributed by atoms with Crippen LogP contribution in [0.4, 0.5) is 0 Å². The standard InChI is InChI=1S/C18H25NO2/c1-2-4-14-10-16-6-5-15(9-13(14)3-1)18(16)19-11-17-12-20-7-8-21-17/h1-4,15-19H,5-12H2. The lowest BCUT2D eigenvalue weighted by Crippen LogP contribution is -2.45. The summed E-state index contributed by atoms with van der Waals surface area (Å²) in [5.41, 5.74) is 3.16. The van der Waals surface area contributed by atoms with E-state index in [4.69, 9.17) is 9.47 Å². The van der Waals surface area contributed by atoms with Gasteiger partial charge in [0.15, 0.2) is 0 Å². The second-order valence-corrected chi connectivity index (χ2v) is 6.78. The van der Waals surface area contributed by atoms with E-state index in [1.807, 2.05) is 0 Å². The third kappa shape index (κ3) is 2.87. The van der Waals surface area contributed by atoms with Gasteiger partial charge in [0.2, 0.25) is 0 Å². The number of benzene rings is 1. The van der Waals surface area contributed by atoms with Crippen LogP contribution in [0, 0.1) is 11.8 Å². The molecule has 1 saturated heterocycles. The lowest BCUT2D eigenvalue weighted by molar-refractivity contribution is -0.0876. The monoisotopic (exact) mass is 287 g/mol. The predicted octanol–water partition coefficient (Wildman–Crippen LogP) is 2.18. The first-order valence-electron chi connectivity index (χ1n) is 8.39. The third-order valence-corrected chi connectivity index (χ3v) is 5.47. The second kappa shape index (κ2) is 6.07. The minimum Gasteiger partial charge on any atom is -0.376 e. The molecule has 2 bridgehead atoms. The van der Waals surface area contributed by atoms with Crippen LogP contribution in [0.1, 0.15) is 24.0 Å². The van der Waals surface area contributed by atoms with Gasteiger partial charge in [0.25, 0.3) is 0 Å². The zero-order chi connectivity index (χ0) is 14.1. The molecular formula is C18H25NO2. The first kappa shape index (κ1) is 13.7. The maximum absolute atomic E-state index is 5.77. The summed E-state index contributed by atoms with van der Waals surface area (Å²) < 4.78 is 11.3. The molecule has 3 heteroatoms. The normalized spacial score (nSPS) is 35.2. The molecule has 0 amide bonds. The molecule has 0 radical (unpaired) electrons. The van der Waals surface area contributed by atoms with E-state index in [1.54, 1.807) is 11.1 Å². The molecule has 0 spiro atoms. The summed E-state index contributed by atoms with van der Waals surface area (Å²) in [6, 6.07) is 9.68. The highest BCUT2D eigenvalue weighted by Crippen LogP contribution is 2.40. The highest BCUT2D eigenvalue weighted by molar-refractivity contribution is 5.30. The summed E-state index contributed by atoms with van der Waals surface area (Å²) in [6.45, 7) is 3.18. The van der Waals surface area contributed by atoms with Crippen molar-refractivity contribution in [3.8, 4) is 0 Å². The Morgan fingerprint density at radius 2 is 1.71 bits per heavy atom. The summed E-state index contributed by atoms with van der Waals surface area (Å²) in [5, 5.41) is 3.82. The number of hydrogen-bond acceptors (Lipinski definition) is 3. The van der Waals surface area contributed by atoms with Gasteiger partial charge in [-0.25, -0.2) is 0 Å². The summed E-state index contributed by atoms with van der Waals surface area (Å²) >= 11 is 0. The number of fused-ring (bicyclic) bond motifs is 3. The van der Waals surface area contributed by atoms with Crippen molar-refractivity contribution < 1.29 is 9.47 Å².